The Morgan fingerprint density at radius 3 is 2.50 bits per heavy atom. The topological polar surface area (TPSA) is 103 Å². The number of hydrogen-bond donors (Lipinski definition) is 2. The molecule has 0 radical (unpaired) electrons. The maximum absolute atomic E-state index is 12.5. The van der Waals surface area contributed by atoms with E-state index in [1.54, 1.807) is 36.4 Å². The minimum Gasteiger partial charge on any atom is -0.493 e. The fraction of sp³-hybridized carbons (Fsp3) is 0.167. The molecule has 1 heterocycles. The van der Waals surface area contributed by atoms with Gasteiger partial charge in [-0.25, -0.2) is 9.78 Å². The summed E-state index contributed by atoms with van der Waals surface area (Å²) in [5, 5.41) is 2.67. The van der Waals surface area contributed by atoms with Gasteiger partial charge in [-0.3, -0.25) is 10.1 Å². The summed E-state index contributed by atoms with van der Waals surface area (Å²) in [5.41, 5.74) is 1.71. The minimum absolute atomic E-state index is 0.219. The van der Waals surface area contributed by atoms with Crippen LogP contribution in [-0.4, -0.2) is 43.2 Å². The number of nitrogens with zero attached hydrogens (tertiary/aromatic N) is 1. The monoisotopic (exact) mass is 355 g/mol. The Bertz CT molecular complexity index is 980. The predicted molar refractivity (Wildman–Crippen MR) is 94.9 cm³/mol. The number of carbonyl (C=O) groups is 2. The summed E-state index contributed by atoms with van der Waals surface area (Å²) in [5.74, 6) is 0.300. The number of benzene rings is 2. The largest absolute Gasteiger partial charge is 0.493 e. The van der Waals surface area contributed by atoms with E-state index >= 15 is 0 Å². The molecule has 1 amide bonds. The molecule has 26 heavy (non-hydrogen) atoms. The zero-order valence-electron chi connectivity index (χ0n) is 14.5. The van der Waals surface area contributed by atoms with Gasteiger partial charge < -0.3 is 19.2 Å². The lowest BCUT2D eigenvalue weighted by Gasteiger charge is -2.09. The number of amides is 1. The molecule has 0 fully saturated rings. The van der Waals surface area contributed by atoms with E-state index in [9.17, 15) is 9.59 Å². The van der Waals surface area contributed by atoms with Crippen molar-refractivity contribution in [1.29, 1.82) is 0 Å². The summed E-state index contributed by atoms with van der Waals surface area (Å²) < 4.78 is 15.1. The van der Waals surface area contributed by atoms with Crippen molar-refractivity contribution >= 4 is 28.9 Å². The van der Waals surface area contributed by atoms with Crippen LogP contribution in [0.15, 0.2) is 36.4 Å². The Labute approximate surface area is 149 Å². The summed E-state index contributed by atoms with van der Waals surface area (Å²) in [4.78, 5) is 31.5. The van der Waals surface area contributed by atoms with Crippen molar-refractivity contribution in [2.24, 2.45) is 0 Å². The Kier molecular flexibility index (Phi) is 4.74. The smallest absolute Gasteiger partial charge is 0.340 e. The van der Waals surface area contributed by atoms with Gasteiger partial charge in [0.15, 0.2) is 11.5 Å². The molecule has 0 bridgehead atoms. The average Bonchev–Trinajstić information content (AvgIpc) is 3.08. The molecule has 0 saturated carbocycles. The van der Waals surface area contributed by atoms with E-state index in [1.165, 1.54) is 21.3 Å². The third kappa shape index (κ3) is 3.16. The lowest BCUT2D eigenvalue weighted by molar-refractivity contribution is 0.0602. The number of esters is 1. The van der Waals surface area contributed by atoms with Crippen molar-refractivity contribution in [2.75, 3.05) is 26.6 Å². The van der Waals surface area contributed by atoms with Crippen LogP contribution in [0, 0.1) is 0 Å². The number of carbonyl (C=O) groups excluding carboxylic acids is 2. The number of H-pyrrole nitrogens is 1. The van der Waals surface area contributed by atoms with Crippen LogP contribution < -0.4 is 14.8 Å². The van der Waals surface area contributed by atoms with Gasteiger partial charge in [0.2, 0.25) is 5.95 Å². The second-order valence-corrected chi connectivity index (χ2v) is 5.30. The number of ether oxygens (including phenoxy) is 3. The standard InChI is InChI=1S/C18H17N3O5/c1-24-13-8-7-10(9-14(13)25-2)16(22)21-18-19-12-6-4-5-11(15(12)20-18)17(23)26-3/h4-9H,1-3H3,(H2,19,20,21,22). The van der Waals surface area contributed by atoms with Gasteiger partial charge in [-0.15, -0.1) is 0 Å². The van der Waals surface area contributed by atoms with Crippen LogP contribution in [0.5, 0.6) is 11.5 Å². The van der Waals surface area contributed by atoms with Gasteiger partial charge in [-0.1, -0.05) is 6.07 Å². The summed E-state index contributed by atoms with van der Waals surface area (Å²) in [6, 6.07) is 9.88. The van der Waals surface area contributed by atoms with Gasteiger partial charge in [-0.05, 0) is 30.3 Å². The quantitative estimate of drug-likeness (QED) is 0.682. The van der Waals surface area contributed by atoms with Crippen molar-refractivity contribution in [3.8, 4) is 11.5 Å². The van der Waals surface area contributed by atoms with Crippen molar-refractivity contribution in [2.45, 2.75) is 0 Å². The number of aromatic amines is 1. The van der Waals surface area contributed by atoms with Crippen molar-refractivity contribution in [3.05, 3.63) is 47.5 Å². The normalized spacial score (nSPS) is 10.4. The molecule has 3 rings (SSSR count). The number of anilines is 1. The van der Waals surface area contributed by atoms with Crippen molar-refractivity contribution in [1.82, 2.24) is 9.97 Å². The SMILES string of the molecule is COC(=O)c1cccc2[nH]c(NC(=O)c3ccc(OC)c(OC)c3)nc12. The first-order chi connectivity index (χ1) is 12.6. The van der Waals surface area contributed by atoms with E-state index in [2.05, 4.69) is 15.3 Å². The highest BCUT2D eigenvalue weighted by molar-refractivity contribution is 6.06. The number of methoxy groups -OCH3 is 3. The first-order valence-corrected chi connectivity index (χ1v) is 7.67. The number of para-hydroxylation sites is 1. The van der Waals surface area contributed by atoms with Crippen molar-refractivity contribution < 1.29 is 23.8 Å². The zero-order chi connectivity index (χ0) is 18.7. The Morgan fingerprint density at radius 2 is 1.81 bits per heavy atom. The highest BCUT2D eigenvalue weighted by atomic mass is 16.5. The lowest BCUT2D eigenvalue weighted by Crippen LogP contribution is -2.13. The summed E-state index contributed by atoms with van der Waals surface area (Å²) >= 11 is 0. The number of nitrogens with one attached hydrogen (secondary N) is 2. The molecule has 134 valence electrons. The maximum Gasteiger partial charge on any atom is 0.340 e. The first-order valence-electron chi connectivity index (χ1n) is 7.67. The van der Waals surface area contributed by atoms with E-state index in [4.69, 9.17) is 14.2 Å². The molecule has 2 N–H and O–H groups in total. The van der Waals surface area contributed by atoms with Gasteiger partial charge in [0.25, 0.3) is 5.91 Å². The Morgan fingerprint density at radius 1 is 1.04 bits per heavy atom. The summed E-state index contributed by atoms with van der Waals surface area (Å²) in [7, 11) is 4.31. The van der Waals surface area contributed by atoms with E-state index < -0.39 is 5.97 Å². The van der Waals surface area contributed by atoms with E-state index in [-0.39, 0.29) is 11.9 Å². The molecule has 3 aromatic rings. The molecular formula is C18H17N3O5. The van der Waals surface area contributed by atoms with Gasteiger partial charge in [0.05, 0.1) is 32.4 Å². The van der Waals surface area contributed by atoms with Crippen LogP contribution in [0.3, 0.4) is 0 Å². The molecule has 0 saturated heterocycles. The van der Waals surface area contributed by atoms with E-state index in [0.29, 0.717) is 33.7 Å². The third-order valence-corrected chi connectivity index (χ3v) is 3.80. The molecule has 0 unspecified atom stereocenters. The Hall–Kier alpha value is -3.55. The molecule has 0 aliphatic rings. The maximum atomic E-state index is 12.5. The first kappa shape index (κ1) is 17.3. The van der Waals surface area contributed by atoms with Crippen molar-refractivity contribution in [3.63, 3.8) is 0 Å². The molecule has 0 spiro atoms. The van der Waals surface area contributed by atoms with Crippen LogP contribution in [0.1, 0.15) is 20.7 Å². The van der Waals surface area contributed by atoms with E-state index in [1.807, 2.05) is 0 Å². The van der Waals surface area contributed by atoms with E-state index in [0.717, 1.165) is 0 Å². The molecule has 8 heteroatoms. The van der Waals surface area contributed by atoms with Gasteiger partial charge in [0, 0.05) is 5.56 Å². The highest BCUT2D eigenvalue weighted by Gasteiger charge is 2.16. The van der Waals surface area contributed by atoms with Crippen LogP contribution in [0.2, 0.25) is 0 Å². The lowest BCUT2D eigenvalue weighted by atomic mass is 10.2. The van der Waals surface area contributed by atoms with Crippen LogP contribution in [-0.2, 0) is 4.74 Å². The minimum atomic E-state index is -0.500. The number of fused-ring (bicyclic) bond motifs is 1. The van der Waals surface area contributed by atoms with Gasteiger partial charge in [-0.2, -0.15) is 0 Å². The number of rotatable bonds is 5. The molecule has 0 aliphatic carbocycles. The molecule has 0 atom stereocenters. The summed E-state index contributed by atoms with van der Waals surface area (Å²) in [6.07, 6.45) is 0. The molecule has 8 nitrogen and oxygen atoms in total. The number of aromatic nitrogens is 2. The van der Waals surface area contributed by atoms with Gasteiger partial charge >= 0.3 is 5.97 Å². The van der Waals surface area contributed by atoms with Crippen LogP contribution >= 0.6 is 0 Å². The molecule has 1 aromatic heterocycles. The van der Waals surface area contributed by atoms with Crippen LogP contribution in [0.25, 0.3) is 11.0 Å². The average molecular weight is 355 g/mol. The van der Waals surface area contributed by atoms with Crippen LogP contribution in [0.4, 0.5) is 5.95 Å². The Balaban J connectivity index is 1.89. The fourth-order valence-corrected chi connectivity index (χ4v) is 2.52. The predicted octanol–water partition coefficient (Wildman–Crippen LogP) is 2.62. The fourth-order valence-electron chi connectivity index (χ4n) is 2.52. The molecule has 0 aliphatic heterocycles. The number of imidazole rings is 1. The summed E-state index contributed by atoms with van der Waals surface area (Å²) in [6.45, 7) is 0. The highest BCUT2D eigenvalue weighted by Crippen LogP contribution is 2.28. The second kappa shape index (κ2) is 7.14. The zero-order valence-corrected chi connectivity index (χ0v) is 14.5. The third-order valence-electron chi connectivity index (χ3n) is 3.80. The molecular weight excluding hydrogens is 338 g/mol. The number of hydrogen-bond acceptors (Lipinski definition) is 6. The van der Waals surface area contributed by atoms with Gasteiger partial charge in [0.1, 0.15) is 5.52 Å². The molecule has 2 aromatic carbocycles. The second-order valence-electron chi connectivity index (χ2n) is 5.30.